The lowest BCUT2D eigenvalue weighted by molar-refractivity contribution is -0.137. The first-order valence-corrected chi connectivity index (χ1v) is 8.52. The Morgan fingerprint density at radius 3 is 2.30 bits per heavy atom. The van der Waals surface area contributed by atoms with Crippen LogP contribution in [0.1, 0.15) is 11.1 Å². The second-order valence-electron chi connectivity index (χ2n) is 6.37. The molecular formula is C19H19F4N3O. The molecule has 2 amide bonds. The maximum Gasteiger partial charge on any atom is 0.416 e. The number of anilines is 1. The predicted molar refractivity (Wildman–Crippen MR) is 93.7 cm³/mol. The van der Waals surface area contributed by atoms with Crippen molar-refractivity contribution in [3.63, 3.8) is 0 Å². The molecule has 1 saturated heterocycles. The molecule has 0 saturated carbocycles. The number of piperazine rings is 1. The fourth-order valence-corrected chi connectivity index (χ4v) is 2.94. The molecule has 0 spiro atoms. The Hall–Kier alpha value is -2.61. The van der Waals surface area contributed by atoms with Crippen LogP contribution in [0.15, 0.2) is 48.5 Å². The summed E-state index contributed by atoms with van der Waals surface area (Å²) in [7, 11) is 0. The van der Waals surface area contributed by atoms with Gasteiger partial charge in [-0.1, -0.05) is 30.3 Å². The number of nitrogens with one attached hydrogen (secondary N) is 1. The summed E-state index contributed by atoms with van der Waals surface area (Å²) in [6.45, 7) is 2.86. The van der Waals surface area contributed by atoms with Gasteiger partial charge in [-0.2, -0.15) is 13.2 Å². The third-order valence-electron chi connectivity index (χ3n) is 4.44. The minimum Gasteiger partial charge on any atom is -0.322 e. The first-order valence-electron chi connectivity index (χ1n) is 8.52. The second-order valence-corrected chi connectivity index (χ2v) is 6.37. The molecule has 0 aromatic heterocycles. The largest absolute Gasteiger partial charge is 0.416 e. The van der Waals surface area contributed by atoms with Crippen LogP contribution in [0.5, 0.6) is 0 Å². The van der Waals surface area contributed by atoms with E-state index in [0.717, 1.165) is 6.54 Å². The van der Waals surface area contributed by atoms with Crippen LogP contribution >= 0.6 is 0 Å². The van der Waals surface area contributed by atoms with E-state index < -0.39 is 29.3 Å². The van der Waals surface area contributed by atoms with Crippen molar-refractivity contribution in [1.29, 1.82) is 0 Å². The summed E-state index contributed by atoms with van der Waals surface area (Å²) in [6.07, 6.45) is -4.60. The van der Waals surface area contributed by atoms with E-state index in [2.05, 4.69) is 10.2 Å². The predicted octanol–water partition coefficient (Wildman–Crippen LogP) is 4.19. The van der Waals surface area contributed by atoms with E-state index in [0.29, 0.717) is 44.4 Å². The van der Waals surface area contributed by atoms with Crippen molar-refractivity contribution >= 4 is 11.7 Å². The van der Waals surface area contributed by atoms with Crippen LogP contribution in [0.2, 0.25) is 0 Å². The molecule has 144 valence electrons. The zero-order valence-electron chi connectivity index (χ0n) is 14.5. The third kappa shape index (κ3) is 4.97. The number of carbonyl (C=O) groups is 1. The standard InChI is InChI=1S/C19H19F4N3O/c20-16-7-6-15(19(21,22)23)12-17(16)24-18(27)26-10-8-25(9-11-26)13-14-4-2-1-3-5-14/h1-7,12H,8-11,13H2,(H,24,27). The van der Waals surface area contributed by atoms with Crippen molar-refractivity contribution in [3.8, 4) is 0 Å². The summed E-state index contributed by atoms with van der Waals surface area (Å²) >= 11 is 0. The highest BCUT2D eigenvalue weighted by Crippen LogP contribution is 2.31. The van der Waals surface area contributed by atoms with Crippen LogP contribution in [0.4, 0.5) is 28.0 Å². The van der Waals surface area contributed by atoms with Gasteiger partial charge in [0.25, 0.3) is 0 Å². The van der Waals surface area contributed by atoms with Gasteiger partial charge in [0.2, 0.25) is 0 Å². The number of urea groups is 1. The van der Waals surface area contributed by atoms with Crippen molar-refractivity contribution in [2.75, 3.05) is 31.5 Å². The van der Waals surface area contributed by atoms with Crippen LogP contribution < -0.4 is 5.32 Å². The van der Waals surface area contributed by atoms with Crippen molar-refractivity contribution in [1.82, 2.24) is 9.80 Å². The zero-order valence-corrected chi connectivity index (χ0v) is 14.5. The van der Waals surface area contributed by atoms with E-state index in [9.17, 15) is 22.4 Å². The van der Waals surface area contributed by atoms with Gasteiger partial charge in [-0.25, -0.2) is 9.18 Å². The number of halogens is 4. The van der Waals surface area contributed by atoms with E-state index >= 15 is 0 Å². The summed E-state index contributed by atoms with van der Waals surface area (Å²) in [6, 6.07) is 11.3. The normalized spacial score (nSPS) is 15.6. The Balaban J connectivity index is 1.57. The van der Waals surface area contributed by atoms with Gasteiger partial charge in [0, 0.05) is 32.7 Å². The van der Waals surface area contributed by atoms with E-state index in [4.69, 9.17) is 0 Å². The lowest BCUT2D eigenvalue weighted by Gasteiger charge is -2.34. The average molecular weight is 381 g/mol. The number of benzene rings is 2. The number of amides is 2. The summed E-state index contributed by atoms with van der Waals surface area (Å²) < 4.78 is 52.1. The lowest BCUT2D eigenvalue weighted by Crippen LogP contribution is -2.49. The van der Waals surface area contributed by atoms with Crippen LogP contribution in [0.25, 0.3) is 0 Å². The number of rotatable bonds is 3. The molecule has 2 aromatic rings. The topological polar surface area (TPSA) is 35.6 Å². The Morgan fingerprint density at radius 2 is 1.67 bits per heavy atom. The van der Waals surface area contributed by atoms with Crippen LogP contribution in [-0.4, -0.2) is 42.0 Å². The third-order valence-corrected chi connectivity index (χ3v) is 4.44. The van der Waals surface area contributed by atoms with Crippen molar-refractivity contribution in [2.24, 2.45) is 0 Å². The van der Waals surface area contributed by atoms with E-state index in [-0.39, 0.29) is 0 Å². The number of hydrogen-bond acceptors (Lipinski definition) is 2. The molecule has 0 bridgehead atoms. The highest BCUT2D eigenvalue weighted by molar-refractivity contribution is 5.89. The Labute approximate surface area is 154 Å². The Bertz CT molecular complexity index is 787. The maximum absolute atomic E-state index is 13.8. The zero-order chi connectivity index (χ0) is 19.4. The van der Waals surface area contributed by atoms with Crippen molar-refractivity contribution in [3.05, 3.63) is 65.5 Å². The fourth-order valence-electron chi connectivity index (χ4n) is 2.94. The highest BCUT2D eigenvalue weighted by Gasteiger charge is 2.31. The molecule has 0 aliphatic carbocycles. The minimum atomic E-state index is -4.60. The van der Waals surface area contributed by atoms with Gasteiger partial charge in [0.1, 0.15) is 5.82 Å². The molecule has 0 radical (unpaired) electrons. The van der Waals surface area contributed by atoms with E-state index in [1.807, 2.05) is 30.3 Å². The molecule has 1 fully saturated rings. The number of alkyl halides is 3. The average Bonchev–Trinajstić information content (AvgIpc) is 2.64. The smallest absolute Gasteiger partial charge is 0.322 e. The van der Waals surface area contributed by atoms with Crippen LogP contribution in [0, 0.1) is 5.82 Å². The molecule has 1 aliphatic heterocycles. The van der Waals surface area contributed by atoms with Gasteiger partial charge in [-0.3, -0.25) is 4.90 Å². The van der Waals surface area contributed by atoms with Gasteiger partial charge in [-0.05, 0) is 23.8 Å². The fraction of sp³-hybridized carbons (Fsp3) is 0.316. The number of hydrogen-bond donors (Lipinski definition) is 1. The molecule has 27 heavy (non-hydrogen) atoms. The lowest BCUT2D eigenvalue weighted by atomic mass is 10.2. The molecular weight excluding hydrogens is 362 g/mol. The molecule has 2 aromatic carbocycles. The van der Waals surface area contributed by atoms with E-state index in [1.54, 1.807) is 0 Å². The highest BCUT2D eigenvalue weighted by atomic mass is 19.4. The molecule has 8 heteroatoms. The van der Waals surface area contributed by atoms with Gasteiger partial charge < -0.3 is 10.2 Å². The molecule has 1 heterocycles. The summed E-state index contributed by atoms with van der Waals surface area (Å²) in [4.78, 5) is 16.0. The SMILES string of the molecule is O=C(Nc1cc(C(F)(F)F)ccc1F)N1CCN(Cc2ccccc2)CC1. The quantitative estimate of drug-likeness (QED) is 0.809. The molecule has 0 atom stereocenters. The van der Waals surface area contributed by atoms with Crippen molar-refractivity contribution < 1.29 is 22.4 Å². The first kappa shape index (κ1) is 19.2. The molecule has 0 unspecified atom stereocenters. The van der Waals surface area contributed by atoms with Gasteiger partial charge >= 0.3 is 12.2 Å². The maximum atomic E-state index is 13.8. The number of nitrogens with zero attached hydrogens (tertiary/aromatic N) is 2. The van der Waals surface area contributed by atoms with E-state index in [1.165, 1.54) is 10.5 Å². The van der Waals surface area contributed by atoms with Gasteiger partial charge in [-0.15, -0.1) is 0 Å². The number of carbonyl (C=O) groups excluding carboxylic acids is 1. The van der Waals surface area contributed by atoms with Crippen LogP contribution in [0.3, 0.4) is 0 Å². The first-order chi connectivity index (χ1) is 12.8. The van der Waals surface area contributed by atoms with Gasteiger partial charge in [0.15, 0.2) is 0 Å². The van der Waals surface area contributed by atoms with Gasteiger partial charge in [0.05, 0.1) is 11.3 Å². The molecule has 3 rings (SSSR count). The van der Waals surface area contributed by atoms with Crippen molar-refractivity contribution in [2.45, 2.75) is 12.7 Å². The Kier molecular flexibility index (Phi) is 5.65. The summed E-state index contributed by atoms with van der Waals surface area (Å²) in [5.41, 5.74) is -0.310. The second kappa shape index (κ2) is 7.96. The minimum absolute atomic E-state index is 0.416. The molecule has 1 aliphatic rings. The summed E-state index contributed by atoms with van der Waals surface area (Å²) in [5.74, 6) is -0.904. The monoisotopic (exact) mass is 381 g/mol. The molecule has 4 nitrogen and oxygen atoms in total. The summed E-state index contributed by atoms with van der Waals surface area (Å²) in [5, 5.41) is 2.25. The van der Waals surface area contributed by atoms with Crippen LogP contribution in [-0.2, 0) is 12.7 Å². The Morgan fingerprint density at radius 1 is 1.00 bits per heavy atom. The molecule has 1 N–H and O–H groups in total.